The number of carboxylic acids is 1. The van der Waals surface area contributed by atoms with Crippen LogP contribution in [0.15, 0.2) is 48.5 Å². The molecule has 0 spiro atoms. The van der Waals surface area contributed by atoms with Crippen LogP contribution in [0.5, 0.6) is 11.5 Å². The van der Waals surface area contributed by atoms with Crippen LogP contribution in [-0.4, -0.2) is 52.4 Å². The molecule has 2 rings (SSSR count). The lowest BCUT2D eigenvalue weighted by Crippen LogP contribution is -3.07. The zero-order chi connectivity index (χ0) is 22.6. The largest absolute Gasteiger partial charge is 0.550 e. The Labute approximate surface area is 183 Å². The van der Waals surface area contributed by atoms with Gasteiger partial charge in [-0.3, -0.25) is 4.79 Å². The number of likely N-dealkylation sites (N-methyl/N-ethyl adjacent to an activating group) is 1. The molecule has 1 N–H and O–H groups in total. The van der Waals surface area contributed by atoms with E-state index in [1.54, 1.807) is 7.11 Å². The number of carboxylic acid groups (broad SMARTS) is 1. The Hall–Kier alpha value is -3.06. The predicted octanol–water partition coefficient (Wildman–Crippen LogP) is 0.446. The second-order valence-corrected chi connectivity index (χ2v) is 7.67. The molecule has 0 aliphatic rings. The molecule has 1 atom stereocenters. The van der Waals surface area contributed by atoms with Crippen LogP contribution >= 0.6 is 0 Å². The fourth-order valence-electron chi connectivity index (χ4n) is 3.18. The number of ether oxygens (including phenoxy) is 3. The topological polar surface area (TPSA) is 89.3 Å². The number of hydrogen-bond donors (Lipinski definition) is 1. The highest BCUT2D eigenvalue weighted by Crippen LogP contribution is 2.22. The van der Waals surface area contributed by atoms with Gasteiger partial charge in [-0.2, -0.15) is 0 Å². The van der Waals surface area contributed by atoms with Crippen LogP contribution in [0.3, 0.4) is 0 Å². The van der Waals surface area contributed by atoms with E-state index in [4.69, 9.17) is 14.2 Å². The van der Waals surface area contributed by atoms with Gasteiger partial charge in [-0.1, -0.05) is 30.3 Å². The van der Waals surface area contributed by atoms with Gasteiger partial charge >= 0.3 is 5.97 Å². The van der Waals surface area contributed by atoms with Crippen molar-refractivity contribution in [3.63, 3.8) is 0 Å². The minimum absolute atomic E-state index is 0.193. The fraction of sp³-hybridized carbons (Fsp3) is 0.417. The summed E-state index contributed by atoms with van der Waals surface area (Å²) < 4.78 is 16.7. The zero-order valence-electron chi connectivity index (χ0n) is 18.4. The van der Waals surface area contributed by atoms with Gasteiger partial charge in [0.15, 0.2) is 6.10 Å². The lowest BCUT2D eigenvalue weighted by molar-refractivity contribution is -0.861. The van der Waals surface area contributed by atoms with Crippen molar-refractivity contribution < 1.29 is 33.8 Å². The Balaban J connectivity index is 1.98. The van der Waals surface area contributed by atoms with Crippen LogP contribution in [-0.2, 0) is 27.2 Å². The Morgan fingerprint density at radius 3 is 2.52 bits per heavy atom. The van der Waals surface area contributed by atoms with E-state index in [9.17, 15) is 14.7 Å². The van der Waals surface area contributed by atoms with Gasteiger partial charge in [0.2, 0.25) is 0 Å². The molecule has 0 fully saturated rings. The van der Waals surface area contributed by atoms with Crippen LogP contribution in [0.1, 0.15) is 24.0 Å². The summed E-state index contributed by atoms with van der Waals surface area (Å²) in [5, 5.41) is 10.6. The monoisotopic (exact) mass is 429 g/mol. The summed E-state index contributed by atoms with van der Waals surface area (Å²) in [6.45, 7) is 0.738. The number of methoxy groups -OCH3 is 1. The van der Waals surface area contributed by atoms with Crippen molar-refractivity contribution in [3.8, 4) is 11.5 Å². The van der Waals surface area contributed by atoms with Gasteiger partial charge in [0.25, 0.3) is 0 Å². The first kappa shape index (κ1) is 24.2. The first-order chi connectivity index (χ1) is 14.9. The highest BCUT2D eigenvalue weighted by atomic mass is 16.6. The number of hydrogen-bond acceptors (Lipinski definition) is 6. The van der Waals surface area contributed by atoms with E-state index in [2.05, 4.69) is 6.07 Å². The lowest BCUT2D eigenvalue weighted by atomic mass is 10.0. The van der Waals surface area contributed by atoms with E-state index in [-0.39, 0.29) is 19.4 Å². The summed E-state index contributed by atoms with van der Waals surface area (Å²) in [6.07, 6.45) is 0.581. The maximum absolute atomic E-state index is 11.9. The van der Waals surface area contributed by atoms with Crippen molar-refractivity contribution >= 4 is 11.9 Å². The van der Waals surface area contributed by atoms with E-state index in [0.29, 0.717) is 6.54 Å². The predicted molar refractivity (Wildman–Crippen MR) is 114 cm³/mol. The van der Waals surface area contributed by atoms with Gasteiger partial charge in [-0.15, -0.1) is 0 Å². The molecule has 0 amide bonds. The highest BCUT2D eigenvalue weighted by molar-refractivity contribution is 5.75. The number of aliphatic carboxylic acids is 1. The Bertz CT molecular complexity index is 851. The van der Waals surface area contributed by atoms with Gasteiger partial charge in [-0.25, -0.2) is 0 Å². The third kappa shape index (κ3) is 9.09. The summed E-state index contributed by atoms with van der Waals surface area (Å²) in [7, 11) is 5.55. The van der Waals surface area contributed by atoms with Crippen molar-refractivity contribution in [1.29, 1.82) is 0 Å². The van der Waals surface area contributed by atoms with Gasteiger partial charge < -0.3 is 29.0 Å². The van der Waals surface area contributed by atoms with Crippen LogP contribution in [0, 0.1) is 0 Å². The lowest BCUT2D eigenvalue weighted by Gasteiger charge is -2.21. The number of quaternary nitrogens is 1. The Morgan fingerprint density at radius 2 is 1.81 bits per heavy atom. The van der Waals surface area contributed by atoms with Crippen molar-refractivity contribution in [2.24, 2.45) is 0 Å². The van der Waals surface area contributed by atoms with Gasteiger partial charge in [0.1, 0.15) is 24.7 Å². The van der Waals surface area contributed by atoms with Crippen LogP contribution in [0.2, 0.25) is 0 Å². The molecule has 7 heteroatoms. The summed E-state index contributed by atoms with van der Waals surface area (Å²) in [6, 6.07) is 15.8. The fourth-order valence-corrected chi connectivity index (χ4v) is 3.18. The molecule has 0 radical (unpaired) electrons. The molecule has 0 saturated heterocycles. The van der Waals surface area contributed by atoms with Crippen LogP contribution in [0.25, 0.3) is 0 Å². The van der Waals surface area contributed by atoms with E-state index >= 15 is 0 Å². The molecule has 31 heavy (non-hydrogen) atoms. The minimum atomic E-state index is -1.27. The molecule has 0 aliphatic carbocycles. The molecule has 0 aromatic heterocycles. The summed E-state index contributed by atoms with van der Waals surface area (Å²) >= 11 is 0. The van der Waals surface area contributed by atoms with E-state index in [0.717, 1.165) is 34.8 Å². The average Bonchev–Trinajstić information content (AvgIpc) is 2.75. The number of benzene rings is 2. The number of carbonyl (C=O) groups is 2. The molecule has 0 unspecified atom stereocenters. The van der Waals surface area contributed by atoms with Crippen molar-refractivity contribution in [3.05, 3.63) is 59.7 Å². The molecule has 7 nitrogen and oxygen atoms in total. The maximum Gasteiger partial charge on any atom is 0.306 e. The highest BCUT2D eigenvalue weighted by Gasteiger charge is 2.19. The summed E-state index contributed by atoms with van der Waals surface area (Å²) in [4.78, 5) is 23.6. The third-order valence-electron chi connectivity index (χ3n) is 4.68. The number of para-hydroxylation sites is 1. The van der Waals surface area contributed by atoms with Gasteiger partial charge in [0.05, 0.1) is 27.6 Å². The molecule has 168 valence electrons. The first-order valence-corrected chi connectivity index (χ1v) is 10.4. The summed E-state index contributed by atoms with van der Waals surface area (Å²) in [5.74, 6) is -0.259. The molecule has 2 aromatic rings. The van der Waals surface area contributed by atoms with E-state index in [1.165, 1.54) is 5.56 Å². The molecular formula is C24H31NO6. The molecule has 0 saturated carbocycles. The SMILES string of the molecule is COc1cccc(CCc2ccccc2OC[C@@H](C[NH+](C)C)OC(=O)CCC(=O)[O-])c1. The zero-order valence-corrected chi connectivity index (χ0v) is 18.4. The number of esters is 1. The Morgan fingerprint density at radius 1 is 1.03 bits per heavy atom. The van der Waals surface area contributed by atoms with Crippen LogP contribution in [0.4, 0.5) is 0 Å². The second-order valence-electron chi connectivity index (χ2n) is 7.67. The molecule has 0 aliphatic heterocycles. The normalized spacial score (nSPS) is 11.7. The molecule has 0 bridgehead atoms. The number of carbonyl (C=O) groups excluding carboxylic acids is 2. The first-order valence-electron chi connectivity index (χ1n) is 10.4. The van der Waals surface area contributed by atoms with Crippen molar-refractivity contribution in [2.75, 3.05) is 34.4 Å². The smallest absolute Gasteiger partial charge is 0.306 e. The average molecular weight is 430 g/mol. The number of aryl methyl sites for hydroxylation is 2. The van der Waals surface area contributed by atoms with Crippen molar-refractivity contribution in [1.82, 2.24) is 0 Å². The maximum atomic E-state index is 11.9. The number of rotatable bonds is 13. The second kappa shape index (κ2) is 12.6. The standard InChI is InChI=1S/C24H31NO6/c1-25(2)16-21(31-24(28)14-13-23(26)27)17-30-22-10-5-4-8-19(22)12-11-18-7-6-9-20(15-18)29-3/h4-10,15,21H,11-14,16-17H2,1-3H3,(H,26,27)/t21-/m1/s1. The van der Waals surface area contributed by atoms with Crippen molar-refractivity contribution in [2.45, 2.75) is 31.8 Å². The number of nitrogens with one attached hydrogen (secondary N) is 1. The third-order valence-corrected chi connectivity index (χ3v) is 4.68. The van der Waals surface area contributed by atoms with E-state index < -0.39 is 18.0 Å². The summed E-state index contributed by atoms with van der Waals surface area (Å²) in [5.41, 5.74) is 2.23. The minimum Gasteiger partial charge on any atom is -0.550 e. The molecule has 2 aromatic carbocycles. The quantitative estimate of drug-likeness (QED) is 0.465. The Kier molecular flexibility index (Phi) is 9.84. The van der Waals surface area contributed by atoms with E-state index in [1.807, 2.05) is 56.6 Å². The van der Waals surface area contributed by atoms with Gasteiger partial charge in [0, 0.05) is 5.97 Å². The molecular weight excluding hydrogens is 398 g/mol. The van der Waals surface area contributed by atoms with Crippen LogP contribution < -0.4 is 19.5 Å². The molecule has 0 heterocycles. The van der Waals surface area contributed by atoms with Gasteiger partial charge in [-0.05, 0) is 48.6 Å².